The quantitative estimate of drug-likeness (QED) is 0.849. The van der Waals surface area contributed by atoms with E-state index in [2.05, 4.69) is 0 Å². The van der Waals surface area contributed by atoms with Gasteiger partial charge in [0.2, 0.25) is 0 Å². The standard InChI is InChI=1S/C13H18O3/c1-15-13(7-9-16-10-8-13)12(14)11-5-3-2-4-6-11/h2-6,12,14H,7-10H2,1H3. The van der Waals surface area contributed by atoms with Crippen LogP contribution in [0.25, 0.3) is 0 Å². The lowest BCUT2D eigenvalue weighted by atomic mass is 9.84. The first-order chi connectivity index (χ1) is 7.78. The van der Waals surface area contributed by atoms with Gasteiger partial charge in [0.25, 0.3) is 0 Å². The number of rotatable bonds is 3. The average Bonchev–Trinajstić information content (AvgIpc) is 2.39. The van der Waals surface area contributed by atoms with Crippen molar-refractivity contribution in [1.29, 1.82) is 0 Å². The van der Waals surface area contributed by atoms with E-state index in [1.165, 1.54) is 0 Å². The average molecular weight is 222 g/mol. The van der Waals surface area contributed by atoms with Crippen LogP contribution in [0.3, 0.4) is 0 Å². The number of hydrogen-bond acceptors (Lipinski definition) is 3. The topological polar surface area (TPSA) is 38.7 Å². The smallest absolute Gasteiger partial charge is 0.108 e. The van der Waals surface area contributed by atoms with Crippen molar-refractivity contribution in [3.8, 4) is 0 Å². The first-order valence-corrected chi connectivity index (χ1v) is 5.64. The van der Waals surface area contributed by atoms with Crippen LogP contribution in [0.4, 0.5) is 0 Å². The summed E-state index contributed by atoms with van der Waals surface area (Å²) < 4.78 is 10.9. The molecule has 1 unspecified atom stereocenters. The van der Waals surface area contributed by atoms with Crippen molar-refractivity contribution in [2.24, 2.45) is 0 Å². The molecule has 0 aliphatic carbocycles. The van der Waals surface area contributed by atoms with Crippen LogP contribution < -0.4 is 0 Å². The predicted octanol–water partition coefficient (Wildman–Crippen LogP) is 1.92. The summed E-state index contributed by atoms with van der Waals surface area (Å²) in [5.74, 6) is 0. The third-order valence-corrected chi connectivity index (χ3v) is 3.36. The Kier molecular flexibility index (Phi) is 3.59. The molecule has 0 amide bonds. The lowest BCUT2D eigenvalue weighted by Crippen LogP contribution is -2.43. The van der Waals surface area contributed by atoms with Gasteiger partial charge in [-0.05, 0) is 5.56 Å². The summed E-state index contributed by atoms with van der Waals surface area (Å²) in [7, 11) is 1.66. The maximum atomic E-state index is 10.4. The van der Waals surface area contributed by atoms with Crippen molar-refractivity contribution in [2.75, 3.05) is 20.3 Å². The minimum atomic E-state index is -0.581. The Hall–Kier alpha value is -0.900. The van der Waals surface area contributed by atoms with E-state index in [1.807, 2.05) is 30.3 Å². The van der Waals surface area contributed by atoms with E-state index >= 15 is 0 Å². The maximum Gasteiger partial charge on any atom is 0.108 e. The van der Waals surface area contributed by atoms with Gasteiger partial charge in [-0.1, -0.05) is 30.3 Å². The van der Waals surface area contributed by atoms with Crippen LogP contribution in [0.2, 0.25) is 0 Å². The fraction of sp³-hybridized carbons (Fsp3) is 0.538. The van der Waals surface area contributed by atoms with Gasteiger partial charge in [0, 0.05) is 33.2 Å². The van der Waals surface area contributed by atoms with Crippen LogP contribution in [0.15, 0.2) is 30.3 Å². The summed E-state index contributed by atoms with van der Waals surface area (Å²) in [6, 6.07) is 9.67. The van der Waals surface area contributed by atoms with E-state index in [0.29, 0.717) is 13.2 Å². The first kappa shape index (κ1) is 11.6. The highest BCUT2D eigenvalue weighted by Crippen LogP contribution is 2.36. The van der Waals surface area contributed by atoms with Crippen molar-refractivity contribution < 1.29 is 14.6 Å². The zero-order chi connectivity index (χ0) is 11.4. The van der Waals surface area contributed by atoms with Crippen molar-refractivity contribution in [1.82, 2.24) is 0 Å². The molecule has 1 aliphatic rings. The number of benzene rings is 1. The molecule has 1 heterocycles. The molecule has 88 valence electrons. The van der Waals surface area contributed by atoms with Crippen LogP contribution in [0.5, 0.6) is 0 Å². The highest BCUT2D eigenvalue weighted by atomic mass is 16.5. The molecular weight excluding hydrogens is 204 g/mol. The van der Waals surface area contributed by atoms with Gasteiger partial charge in [0.15, 0.2) is 0 Å². The zero-order valence-corrected chi connectivity index (χ0v) is 9.56. The van der Waals surface area contributed by atoms with Crippen LogP contribution in [0, 0.1) is 0 Å². The summed E-state index contributed by atoms with van der Waals surface area (Å²) in [6.45, 7) is 1.30. The number of aliphatic hydroxyl groups excluding tert-OH is 1. The molecule has 1 fully saturated rings. The highest BCUT2D eigenvalue weighted by molar-refractivity contribution is 5.20. The molecule has 3 nitrogen and oxygen atoms in total. The summed E-state index contributed by atoms with van der Waals surface area (Å²) >= 11 is 0. The SMILES string of the molecule is COC1(C(O)c2ccccc2)CCOCC1. The van der Waals surface area contributed by atoms with Crippen LogP contribution >= 0.6 is 0 Å². The second-order valence-corrected chi connectivity index (χ2v) is 4.19. The minimum Gasteiger partial charge on any atom is -0.385 e. The summed E-state index contributed by atoms with van der Waals surface area (Å²) in [6.07, 6.45) is 0.890. The molecule has 1 aromatic carbocycles. The van der Waals surface area contributed by atoms with Crippen molar-refractivity contribution in [3.63, 3.8) is 0 Å². The van der Waals surface area contributed by atoms with Gasteiger partial charge in [-0.2, -0.15) is 0 Å². The molecule has 0 bridgehead atoms. The van der Waals surface area contributed by atoms with Gasteiger partial charge >= 0.3 is 0 Å². The largest absolute Gasteiger partial charge is 0.385 e. The van der Waals surface area contributed by atoms with Gasteiger partial charge in [-0.25, -0.2) is 0 Å². The van der Waals surface area contributed by atoms with Crippen LogP contribution in [-0.2, 0) is 9.47 Å². The molecule has 1 atom stereocenters. The number of methoxy groups -OCH3 is 1. The monoisotopic (exact) mass is 222 g/mol. The molecule has 3 heteroatoms. The fourth-order valence-corrected chi connectivity index (χ4v) is 2.25. The zero-order valence-electron chi connectivity index (χ0n) is 9.56. The fourth-order valence-electron chi connectivity index (χ4n) is 2.25. The third kappa shape index (κ3) is 2.12. The second-order valence-electron chi connectivity index (χ2n) is 4.19. The molecule has 1 aliphatic heterocycles. The Labute approximate surface area is 96.0 Å². The van der Waals surface area contributed by atoms with Gasteiger partial charge in [0.05, 0.1) is 0 Å². The molecule has 1 aromatic rings. The normalized spacial score (nSPS) is 21.6. The summed E-state index contributed by atoms with van der Waals surface area (Å²) in [5.41, 5.74) is 0.422. The molecule has 0 spiro atoms. The van der Waals surface area contributed by atoms with Crippen molar-refractivity contribution in [2.45, 2.75) is 24.5 Å². The van der Waals surface area contributed by atoms with E-state index in [0.717, 1.165) is 18.4 Å². The molecule has 16 heavy (non-hydrogen) atoms. The Morgan fingerprint density at radius 2 is 1.88 bits per heavy atom. The molecule has 2 rings (SSSR count). The van der Waals surface area contributed by atoms with E-state index in [1.54, 1.807) is 7.11 Å². The second kappa shape index (κ2) is 4.95. The number of ether oxygens (including phenoxy) is 2. The summed E-state index contributed by atoms with van der Waals surface area (Å²) in [4.78, 5) is 0. The minimum absolute atomic E-state index is 0.487. The van der Waals surface area contributed by atoms with E-state index in [-0.39, 0.29) is 0 Å². The van der Waals surface area contributed by atoms with Gasteiger partial charge in [0.1, 0.15) is 11.7 Å². The Bertz CT molecular complexity index is 317. The Morgan fingerprint density at radius 1 is 1.25 bits per heavy atom. The molecule has 0 aromatic heterocycles. The molecule has 0 radical (unpaired) electrons. The molecule has 1 saturated heterocycles. The van der Waals surface area contributed by atoms with Crippen LogP contribution in [0.1, 0.15) is 24.5 Å². The molecule has 0 saturated carbocycles. The van der Waals surface area contributed by atoms with Crippen molar-refractivity contribution >= 4 is 0 Å². The predicted molar refractivity (Wildman–Crippen MR) is 61.2 cm³/mol. The van der Waals surface area contributed by atoms with Gasteiger partial charge < -0.3 is 14.6 Å². The maximum absolute atomic E-state index is 10.4. The molecule has 1 N–H and O–H groups in total. The van der Waals surface area contributed by atoms with E-state index in [4.69, 9.17) is 9.47 Å². The Morgan fingerprint density at radius 3 is 2.44 bits per heavy atom. The lowest BCUT2D eigenvalue weighted by Gasteiger charge is -2.39. The highest BCUT2D eigenvalue weighted by Gasteiger charge is 2.40. The third-order valence-electron chi connectivity index (χ3n) is 3.36. The number of hydrogen-bond donors (Lipinski definition) is 1. The Balaban J connectivity index is 2.20. The van der Waals surface area contributed by atoms with E-state index in [9.17, 15) is 5.11 Å². The number of aliphatic hydroxyl groups is 1. The lowest BCUT2D eigenvalue weighted by molar-refractivity contribution is -0.154. The van der Waals surface area contributed by atoms with Crippen molar-refractivity contribution in [3.05, 3.63) is 35.9 Å². The van der Waals surface area contributed by atoms with Gasteiger partial charge in [-0.3, -0.25) is 0 Å². The summed E-state index contributed by atoms with van der Waals surface area (Å²) in [5, 5.41) is 10.4. The van der Waals surface area contributed by atoms with Gasteiger partial charge in [-0.15, -0.1) is 0 Å². The first-order valence-electron chi connectivity index (χ1n) is 5.64. The van der Waals surface area contributed by atoms with Crippen LogP contribution in [-0.4, -0.2) is 31.0 Å². The molecular formula is C13H18O3. The van der Waals surface area contributed by atoms with E-state index < -0.39 is 11.7 Å².